The number of anilines is 2. The Morgan fingerprint density at radius 3 is 2.72 bits per heavy atom. The van der Waals surface area contributed by atoms with Crippen LogP contribution in [0.5, 0.6) is 5.75 Å². The summed E-state index contributed by atoms with van der Waals surface area (Å²) in [7, 11) is 3.44. The molecule has 29 heavy (non-hydrogen) atoms. The third-order valence-corrected chi connectivity index (χ3v) is 5.20. The average Bonchev–Trinajstić information content (AvgIpc) is 2.72. The topological polar surface area (TPSA) is 61.9 Å². The minimum Gasteiger partial charge on any atom is -0.497 e. The number of hydrogen-bond donors (Lipinski definition) is 1. The zero-order valence-electron chi connectivity index (χ0n) is 17.4. The molecular formula is C23H29N3O3. The summed E-state index contributed by atoms with van der Waals surface area (Å²) in [5, 5.41) is 2.95. The molecule has 0 aromatic heterocycles. The third kappa shape index (κ3) is 5.15. The molecule has 6 heteroatoms. The molecule has 0 atom stereocenters. The molecule has 2 amide bonds. The summed E-state index contributed by atoms with van der Waals surface area (Å²) in [4.78, 5) is 28.9. The number of benzene rings is 2. The lowest BCUT2D eigenvalue weighted by molar-refractivity contribution is -0.121. The predicted octanol–water partition coefficient (Wildman–Crippen LogP) is 3.11. The molecule has 0 bridgehead atoms. The summed E-state index contributed by atoms with van der Waals surface area (Å²) < 4.78 is 5.29. The molecule has 0 saturated heterocycles. The van der Waals surface area contributed by atoms with Gasteiger partial charge in [0.1, 0.15) is 5.75 Å². The molecule has 1 aliphatic heterocycles. The van der Waals surface area contributed by atoms with Gasteiger partial charge in [-0.25, -0.2) is 0 Å². The summed E-state index contributed by atoms with van der Waals surface area (Å²) >= 11 is 0. The van der Waals surface area contributed by atoms with E-state index >= 15 is 0 Å². The van der Waals surface area contributed by atoms with Crippen molar-refractivity contribution in [3.63, 3.8) is 0 Å². The minimum absolute atomic E-state index is 0.000347. The number of aryl methyl sites for hydroxylation is 2. The van der Waals surface area contributed by atoms with Crippen molar-refractivity contribution in [1.82, 2.24) is 4.90 Å². The van der Waals surface area contributed by atoms with E-state index in [9.17, 15) is 9.59 Å². The molecular weight excluding hydrogens is 366 g/mol. The smallest absolute Gasteiger partial charge is 0.241 e. The number of nitrogens with zero attached hydrogens (tertiary/aromatic N) is 2. The summed E-state index contributed by atoms with van der Waals surface area (Å²) in [6.45, 7) is 3.10. The molecule has 0 saturated carbocycles. The highest BCUT2D eigenvalue weighted by Crippen LogP contribution is 2.30. The molecule has 2 aromatic carbocycles. The van der Waals surface area contributed by atoms with Crippen LogP contribution in [0.1, 0.15) is 24.5 Å². The fourth-order valence-corrected chi connectivity index (χ4v) is 3.72. The second-order valence-electron chi connectivity index (χ2n) is 7.37. The van der Waals surface area contributed by atoms with Crippen LogP contribution in [0.15, 0.2) is 42.5 Å². The average molecular weight is 396 g/mol. The first kappa shape index (κ1) is 20.9. The Bertz CT molecular complexity index is 881. The van der Waals surface area contributed by atoms with Gasteiger partial charge < -0.3 is 15.0 Å². The van der Waals surface area contributed by atoms with Gasteiger partial charge in [-0.2, -0.15) is 0 Å². The van der Waals surface area contributed by atoms with Crippen LogP contribution in [0.25, 0.3) is 0 Å². The minimum atomic E-state index is -0.120. The Labute approximate surface area is 172 Å². The third-order valence-electron chi connectivity index (χ3n) is 5.20. The van der Waals surface area contributed by atoms with E-state index < -0.39 is 0 Å². The number of amides is 2. The first-order valence-electron chi connectivity index (χ1n) is 10.1. The Morgan fingerprint density at radius 1 is 1.17 bits per heavy atom. The van der Waals surface area contributed by atoms with E-state index in [1.165, 1.54) is 0 Å². The fourth-order valence-electron chi connectivity index (χ4n) is 3.72. The van der Waals surface area contributed by atoms with Crippen molar-refractivity contribution < 1.29 is 14.3 Å². The van der Waals surface area contributed by atoms with Gasteiger partial charge in [-0.05, 0) is 61.7 Å². The number of carbonyl (C=O) groups is 2. The second-order valence-corrected chi connectivity index (χ2v) is 7.37. The Morgan fingerprint density at radius 2 is 1.97 bits per heavy atom. The summed E-state index contributed by atoms with van der Waals surface area (Å²) in [6, 6.07) is 13.6. The van der Waals surface area contributed by atoms with Crippen molar-refractivity contribution in [2.45, 2.75) is 26.2 Å². The standard InChI is InChI=1S/C23H29N3O3/c1-4-17-8-5-6-10-20(17)24-22(27)15-25(2)16-23(28)26-13-7-9-18-14-19(29-3)11-12-21(18)26/h5-6,8,10-12,14H,4,7,9,13,15-16H2,1-3H3,(H,24,27). The molecule has 0 fully saturated rings. The van der Waals surface area contributed by atoms with E-state index in [4.69, 9.17) is 4.74 Å². The molecule has 1 heterocycles. The van der Waals surface area contributed by atoms with Crippen LogP contribution in [0, 0.1) is 0 Å². The summed E-state index contributed by atoms with van der Waals surface area (Å²) in [6.07, 6.45) is 2.71. The van der Waals surface area contributed by atoms with Crippen LogP contribution in [0.2, 0.25) is 0 Å². The molecule has 1 N–H and O–H groups in total. The van der Waals surface area contributed by atoms with Crippen molar-refractivity contribution in [3.05, 3.63) is 53.6 Å². The number of likely N-dealkylation sites (N-methyl/N-ethyl adjacent to an activating group) is 1. The maximum Gasteiger partial charge on any atom is 0.241 e. The van der Waals surface area contributed by atoms with Crippen molar-refractivity contribution in [1.29, 1.82) is 0 Å². The monoisotopic (exact) mass is 395 g/mol. The lowest BCUT2D eigenvalue weighted by Gasteiger charge is -2.31. The summed E-state index contributed by atoms with van der Waals surface area (Å²) in [5.74, 6) is 0.685. The van der Waals surface area contributed by atoms with E-state index in [0.717, 1.165) is 47.5 Å². The van der Waals surface area contributed by atoms with Gasteiger partial charge in [-0.1, -0.05) is 25.1 Å². The SMILES string of the molecule is CCc1ccccc1NC(=O)CN(C)CC(=O)N1CCCc2cc(OC)ccc21. The predicted molar refractivity (Wildman–Crippen MR) is 116 cm³/mol. The maximum absolute atomic E-state index is 12.9. The molecule has 6 nitrogen and oxygen atoms in total. The van der Waals surface area contributed by atoms with Crippen LogP contribution >= 0.6 is 0 Å². The molecule has 2 aromatic rings. The molecule has 0 aliphatic carbocycles. The zero-order chi connectivity index (χ0) is 20.8. The van der Waals surface area contributed by atoms with Crippen LogP contribution < -0.4 is 15.0 Å². The number of ether oxygens (including phenoxy) is 1. The van der Waals surface area contributed by atoms with Gasteiger partial charge in [-0.15, -0.1) is 0 Å². The fraction of sp³-hybridized carbons (Fsp3) is 0.391. The van der Waals surface area contributed by atoms with E-state index in [1.807, 2.05) is 47.4 Å². The summed E-state index contributed by atoms with van der Waals surface area (Å²) in [5.41, 5.74) is 4.00. The lowest BCUT2D eigenvalue weighted by Crippen LogP contribution is -2.43. The van der Waals surface area contributed by atoms with E-state index in [1.54, 1.807) is 19.1 Å². The molecule has 3 rings (SSSR count). The van der Waals surface area contributed by atoms with Crippen LogP contribution in [0.4, 0.5) is 11.4 Å². The number of carbonyl (C=O) groups excluding carboxylic acids is 2. The Balaban J connectivity index is 1.59. The molecule has 154 valence electrons. The van der Waals surface area contributed by atoms with Gasteiger partial charge >= 0.3 is 0 Å². The second kappa shape index (κ2) is 9.56. The van der Waals surface area contributed by atoms with Crippen molar-refractivity contribution in [2.24, 2.45) is 0 Å². The molecule has 0 radical (unpaired) electrons. The largest absolute Gasteiger partial charge is 0.497 e. The van der Waals surface area contributed by atoms with E-state index in [0.29, 0.717) is 6.54 Å². The first-order valence-corrected chi connectivity index (χ1v) is 10.1. The van der Waals surface area contributed by atoms with Gasteiger partial charge in [0.25, 0.3) is 0 Å². The van der Waals surface area contributed by atoms with Crippen LogP contribution in [0.3, 0.4) is 0 Å². The number of para-hydroxylation sites is 1. The quantitative estimate of drug-likeness (QED) is 0.783. The van der Waals surface area contributed by atoms with Gasteiger partial charge in [0.2, 0.25) is 11.8 Å². The highest BCUT2D eigenvalue weighted by atomic mass is 16.5. The Hall–Kier alpha value is -2.86. The highest BCUT2D eigenvalue weighted by molar-refractivity contribution is 5.97. The number of fused-ring (bicyclic) bond motifs is 1. The van der Waals surface area contributed by atoms with Crippen molar-refractivity contribution in [2.75, 3.05) is 44.0 Å². The number of rotatable bonds is 7. The molecule has 0 spiro atoms. The Kier molecular flexibility index (Phi) is 6.88. The van der Waals surface area contributed by atoms with E-state index in [-0.39, 0.29) is 24.9 Å². The van der Waals surface area contributed by atoms with Crippen LogP contribution in [-0.4, -0.2) is 50.5 Å². The van der Waals surface area contributed by atoms with Crippen molar-refractivity contribution >= 4 is 23.2 Å². The number of hydrogen-bond acceptors (Lipinski definition) is 4. The van der Waals surface area contributed by atoms with Gasteiger partial charge in [0, 0.05) is 17.9 Å². The lowest BCUT2D eigenvalue weighted by atomic mass is 10.0. The molecule has 1 aliphatic rings. The first-order chi connectivity index (χ1) is 14.0. The molecule has 0 unspecified atom stereocenters. The van der Waals surface area contributed by atoms with Crippen LogP contribution in [-0.2, 0) is 22.4 Å². The number of methoxy groups -OCH3 is 1. The van der Waals surface area contributed by atoms with Gasteiger partial charge in [0.15, 0.2) is 0 Å². The van der Waals surface area contributed by atoms with Crippen molar-refractivity contribution in [3.8, 4) is 5.75 Å². The zero-order valence-corrected chi connectivity index (χ0v) is 17.4. The maximum atomic E-state index is 12.9. The highest BCUT2D eigenvalue weighted by Gasteiger charge is 2.24. The van der Waals surface area contributed by atoms with Gasteiger partial charge in [0.05, 0.1) is 20.2 Å². The van der Waals surface area contributed by atoms with Gasteiger partial charge in [-0.3, -0.25) is 14.5 Å². The van der Waals surface area contributed by atoms with E-state index in [2.05, 4.69) is 12.2 Å². The normalized spacial score (nSPS) is 13.2. The number of nitrogens with one attached hydrogen (secondary N) is 1.